The number of rotatable bonds is 3. The zero-order valence-corrected chi connectivity index (χ0v) is 11.5. The third kappa shape index (κ3) is 3.16. The molecule has 0 spiro atoms. The van der Waals surface area contributed by atoms with Crippen molar-refractivity contribution in [2.24, 2.45) is 7.05 Å². The quantitative estimate of drug-likeness (QED) is 0.945. The number of alkyl halides is 3. The first kappa shape index (κ1) is 14.9. The maximum absolute atomic E-state index is 12.9. The third-order valence-electron chi connectivity index (χ3n) is 3.27. The van der Waals surface area contributed by atoms with Crippen LogP contribution in [0.1, 0.15) is 22.4 Å². The van der Waals surface area contributed by atoms with Crippen molar-refractivity contribution in [1.82, 2.24) is 9.78 Å². The van der Waals surface area contributed by atoms with Crippen molar-refractivity contribution >= 4 is 5.69 Å². The molecule has 21 heavy (non-hydrogen) atoms. The van der Waals surface area contributed by atoms with Crippen LogP contribution < -0.4 is 5.32 Å². The fraction of sp³-hybridized carbons (Fsp3) is 0.286. The Morgan fingerprint density at radius 1 is 1.38 bits per heavy atom. The molecule has 0 unspecified atom stereocenters. The second-order valence-corrected chi connectivity index (χ2v) is 4.60. The predicted octanol–water partition coefficient (Wildman–Crippen LogP) is 3.23. The normalized spacial score (nSPS) is 11.2. The summed E-state index contributed by atoms with van der Waals surface area (Å²) in [5, 5.41) is 15.7. The first-order chi connectivity index (χ1) is 9.82. The molecule has 0 bridgehead atoms. The maximum Gasteiger partial charge on any atom is 0.417 e. The minimum atomic E-state index is -4.55. The van der Waals surface area contributed by atoms with Crippen LogP contribution in [0.4, 0.5) is 18.9 Å². The molecule has 0 atom stereocenters. The predicted molar refractivity (Wildman–Crippen MR) is 71.4 cm³/mol. The van der Waals surface area contributed by atoms with Crippen LogP contribution in [0.5, 0.6) is 0 Å². The number of aryl methyl sites for hydroxylation is 1. The van der Waals surface area contributed by atoms with Gasteiger partial charge in [-0.05, 0) is 25.1 Å². The van der Waals surface area contributed by atoms with E-state index in [0.717, 1.165) is 17.3 Å². The van der Waals surface area contributed by atoms with Crippen molar-refractivity contribution < 1.29 is 13.2 Å². The van der Waals surface area contributed by atoms with Gasteiger partial charge in [0.2, 0.25) is 0 Å². The lowest BCUT2D eigenvalue weighted by atomic mass is 10.1. The van der Waals surface area contributed by atoms with E-state index in [-0.39, 0.29) is 5.56 Å². The topological polar surface area (TPSA) is 53.6 Å². The lowest BCUT2D eigenvalue weighted by Gasteiger charge is -2.12. The van der Waals surface area contributed by atoms with Gasteiger partial charge in [0.1, 0.15) is 0 Å². The zero-order valence-electron chi connectivity index (χ0n) is 11.5. The summed E-state index contributed by atoms with van der Waals surface area (Å²) in [5.74, 6) is 0. The second kappa shape index (κ2) is 5.48. The molecule has 0 saturated heterocycles. The smallest absolute Gasteiger partial charge is 0.381 e. The second-order valence-electron chi connectivity index (χ2n) is 4.60. The molecule has 0 aliphatic heterocycles. The molecule has 0 aliphatic rings. The molecule has 1 aromatic heterocycles. The van der Waals surface area contributed by atoms with Crippen LogP contribution >= 0.6 is 0 Å². The van der Waals surface area contributed by atoms with Gasteiger partial charge in [-0.2, -0.15) is 23.5 Å². The van der Waals surface area contributed by atoms with Crippen LogP contribution in [0.2, 0.25) is 0 Å². The van der Waals surface area contributed by atoms with Crippen LogP contribution in [-0.4, -0.2) is 9.78 Å². The molecule has 110 valence electrons. The van der Waals surface area contributed by atoms with E-state index in [4.69, 9.17) is 5.26 Å². The van der Waals surface area contributed by atoms with Crippen molar-refractivity contribution in [2.75, 3.05) is 5.32 Å². The number of benzene rings is 1. The fourth-order valence-electron chi connectivity index (χ4n) is 1.90. The van der Waals surface area contributed by atoms with Crippen molar-refractivity contribution in [3.63, 3.8) is 0 Å². The van der Waals surface area contributed by atoms with Crippen molar-refractivity contribution in [1.29, 1.82) is 5.26 Å². The number of aromatic nitrogens is 2. The summed E-state index contributed by atoms with van der Waals surface area (Å²) in [6, 6.07) is 5.13. The van der Waals surface area contributed by atoms with E-state index in [2.05, 4.69) is 10.4 Å². The Hall–Kier alpha value is -2.49. The van der Waals surface area contributed by atoms with Gasteiger partial charge in [-0.3, -0.25) is 4.68 Å². The Morgan fingerprint density at radius 3 is 2.62 bits per heavy atom. The lowest BCUT2D eigenvalue weighted by molar-refractivity contribution is -0.137. The highest BCUT2D eigenvalue weighted by molar-refractivity contribution is 5.53. The Balaban J connectivity index is 2.22. The molecule has 0 radical (unpaired) electrons. The average molecular weight is 294 g/mol. The van der Waals surface area contributed by atoms with Crippen molar-refractivity contribution in [3.8, 4) is 6.07 Å². The van der Waals surface area contributed by atoms with Crippen molar-refractivity contribution in [2.45, 2.75) is 19.6 Å². The monoisotopic (exact) mass is 294 g/mol. The largest absolute Gasteiger partial charge is 0.417 e. The number of anilines is 1. The van der Waals surface area contributed by atoms with E-state index < -0.39 is 11.7 Å². The van der Waals surface area contributed by atoms with Crippen LogP contribution in [0.3, 0.4) is 0 Å². The molecule has 0 fully saturated rings. The Morgan fingerprint density at radius 2 is 2.10 bits per heavy atom. The molecule has 1 N–H and O–H groups in total. The molecule has 2 rings (SSSR count). The van der Waals surface area contributed by atoms with Gasteiger partial charge in [0.25, 0.3) is 0 Å². The van der Waals surface area contributed by atoms with Gasteiger partial charge in [0, 0.05) is 30.5 Å². The molecule has 7 heteroatoms. The number of halogens is 3. The standard InChI is InChI=1S/C14H13F3N4/c1-9-11(8-20-21(9)2)7-19-12-4-3-10(6-18)13(5-12)14(15,16)17/h3-5,8,19H,7H2,1-2H3. The Bertz CT molecular complexity index is 695. The summed E-state index contributed by atoms with van der Waals surface area (Å²) in [7, 11) is 1.79. The van der Waals surface area contributed by atoms with Crippen LogP contribution in [-0.2, 0) is 19.8 Å². The highest BCUT2D eigenvalue weighted by Crippen LogP contribution is 2.33. The fourth-order valence-corrected chi connectivity index (χ4v) is 1.90. The molecular formula is C14H13F3N4. The molecule has 0 saturated carbocycles. The van der Waals surface area contributed by atoms with Crippen LogP contribution in [0.15, 0.2) is 24.4 Å². The summed E-state index contributed by atoms with van der Waals surface area (Å²) in [6.07, 6.45) is -2.89. The van der Waals surface area contributed by atoms with Gasteiger partial charge >= 0.3 is 6.18 Å². The average Bonchev–Trinajstić information content (AvgIpc) is 2.75. The SMILES string of the molecule is Cc1c(CNc2ccc(C#N)c(C(F)(F)F)c2)cnn1C. The third-order valence-corrected chi connectivity index (χ3v) is 3.27. The lowest BCUT2D eigenvalue weighted by Crippen LogP contribution is -2.09. The van der Waals surface area contributed by atoms with E-state index in [1.165, 1.54) is 12.1 Å². The van der Waals surface area contributed by atoms with E-state index in [9.17, 15) is 13.2 Å². The molecule has 0 amide bonds. The summed E-state index contributed by atoms with van der Waals surface area (Å²) in [4.78, 5) is 0. The summed E-state index contributed by atoms with van der Waals surface area (Å²) in [5.41, 5.74) is 0.829. The maximum atomic E-state index is 12.9. The van der Waals surface area contributed by atoms with Gasteiger partial charge in [0.15, 0.2) is 0 Å². The summed E-state index contributed by atoms with van der Waals surface area (Å²) < 4.78 is 40.3. The van der Waals surface area contributed by atoms with Gasteiger partial charge in [0.05, 0.1) is 23.4 Å². The van der Waals surface area contributed by atoms with E-state index in [1.807, 2.05) is 6.92 Å². The molecule has 4 nitrogen and oxygen atoms in total. The molecular weight excluding hydrogens is 281 g/mol. The van der Waals surface area contributed by atoms with Gasteiger partial charge in [-0.25, -0.2) is 0 Å². The van der Waals surface area contributed by atoms with Crippen molar-refractivity contribution in [3.05, 3.63) is 46.8 Å². The number of hydrogen-bond donors (Lipinski definition) is 1. The van der Waals surface area contributed by atoms with E-state index in [0.29, 0.717) is 12.2 Å². The summed E-state index contributed by atoms with van der Waals surface area (Å²) >= 11 is 0. The number of nitrogens with one attached hydrogen (secondary N) is 1. The number of hydrogen-bond acceptors (Lipinski definition) is 3. The molecule has 1 aromatic carbocycles. The molecule has 2 aromatic rings. The Kier molecular flexibility index (Phi) is 3.89. The zero-order chi connectivity index (χ0) is 15.6. The highest BCUT2D eigenvalue weighted by Gasteiger charge is 2.33. The minimum absolute atomic E-state index is 0.310. The van der Waals surface area contributed by atoms with Crippen LogP contribution in [0, 0.1) is 18.3 Å². The van der Waals surface area contributed by atoms with Crippen LogP contribution in [0.25, 0.3) is 0 Å². The van der Waals surface area contributed by atoms with Gasteiger partial charge < -0.3 is 5.32 Å². The van der Waals surface area contributed by atoms with Gasteiger partial charge in [-0.15, -0.1) is 0 Å². The van der Waals surface area contributed by atoms with E-state index in [1.54, 1.807) is 24.0 Å². The van der Waals surface area contributed by atoms with Gasteiger partial charge in [-0.1, -0.05) is 0 Å². The first-order valence-electron chi connectivity index (χ1n) is 6.15. The molecule has 1 heterocycles. The number of nitriles is 1. The first-order valence-corrected chi connectivity index (χ1v) is 6.15. The number of nitrogens with zero attached hydrogens (tertiary/aromatic N) is 3. The Labute approximate surface area is 119 Å². The minimum Gasteiger partial charge on any atom is -0.381 e. The molecule has 0 aliphatic carbocycles. The highest BCUT2D eigenvalue weighted by atomic mass is 19.4. The summed E-state index contributed by atoms with van der Waals surface area (Å²) in [6.45, 7) is 2.24. The van der Waals surface area contributed by atoms with E-state index >= 15 is 0 Å².